The molecule has 1 N–H and O–H groups in total. The number of pyridine rings is 1. The van der Waals surface area contributed by atoms with Crippen molar-refractivity contribution in [2.24, 2.45) is 0 Å². The van der Waals surface area contributed by atoms with Gasteiger partial charge in [-0.25, -0.2) is 9.18 Å². The Bertz CT molecular complexity index is 676. The zero-order chi connectivity index (χ0) is 13.3. The number of fused-ring (bicyclic) bond motifs is 1. The molecule has 18 heavy (non-hydrogen) atoms. The van der Waals surface area contributed by atoms with Crippen molar-refractivity contribution in [3.8, 4) is 0 Å². The summed E-state index contributed by atoms with van der Waals surface area (Å²) in [6, 6.07) is 5.15. The van der Waals surface area contributed by atoms with Gasteiger partial charge in [0.05, 0.1) is 5.39 Å². The Morgan fingerprint density at radius 1 is 1.39 bits per heavy atom. The van der Waals surface area contributed by atoms with Gasteiger partial charge in [-0.15, -0.1) is 0 Å². The second kappa shape index (κ2) is 4.60. The fourth-order valence-corrected chi connectivity index (χ4v) is 1.94. The smallest absolute Gasteiger partial charge is 0.352 e. The van der Waals surface area contributed by atoms with Crippen LogP contribution in [-0.2, 0) is 6.54 Å². The van der Waals surface area contributed by atoms with E-state index in [0.717, 1.165) is 6.07 Å². The zero-order valence-electron chi connectivity index (χ0n) is 9.81. The highest BCUT2D eigenvalue weighted by Crippen LogP contribution is 2.14. The molecule has 0 aliphatic rings. The summed E-state index contributed by atoms with van der Waals surface area (Å²) in [5.41, 5.74) is -0.535. The summed E-state index contributed by atoms with van der Waals surface area (Å²) >= 11 is 0. The van der Waals surface area contributed by atoms with E-state index >= 15 is 0 Å². The van der Waals surface area contributed by atoms with Crippen LogP contribution in [0.3, 0.4) is 0 Å². The molecule has 0 aliphatic heterocycles. The number of halogens is 1. The van der Waals surface area contributed by atoms with Crippen LogP contribution in [0.25, 0.3) is 10.8 Å². The topological polar surface area (TPSA) is 59.3 Å². The third-order valence-corrected chi connectivity index (χ3v) is 2.74. The second-order valence-electron chi connectivity index (χ2n) is 4.02. The summed E-state index contributed by atoms with van der Waals surface area (Å²) in [7, 11) is 0. The first kappa shape index (κ1) is 12.3. The van der Waals surface area contributed by atoms with E-state index in [2.05, 4.69) is 0 Å². The van der Waals surface area contributed by atoms with E-state index in [4.69, 9.17) is 5.11 Å². The van der Waals surface area contributed by atoms with Crippen molar-refractivity contribution in [1.82, 2.24) is 4.57 Å². The van der Waals surface area contributed by atoms with Crippen LogP contribution in [0.2, 0.25) is 0 Å². The van der Waals surface area contributed by atoms with Crippen molar-refractivity contribution in [2.75, 3.05) is 0 Å². The maximum atomic E-state index is 13.1. The lowest BCUT2D eigenvalue weighted by Gasteiger charge is -2.10. The molecule has 5 heteroatoms. The third kappa shape index (κ3) is 1.99. The Morgan fingerprint density at radius 3 is 2.72 bits per heavy atom. The Balaban J connectivity index is 2.85. The molecule has 0 bridgehead atoms. The van der Waals surface area contributed by atoms with E-state index < -0.39 is 17.3 Å². The number of hydrogen-bond donors (Lipinski definition) is 1. The molecule has 0 aliphatic carbocycles. The van der Waals surface area contributed by atoms with Gasteiger partial charge in [-0.3, -0.25) is 4.79 Å². The van der Waals surface area contributed by atoms with Crippen LogP contribution in [-0.4, -0.2) is 15.6 Å². The quantitative estimate of drug-likeness (QED) is 0.907. The van der Waals surface area contributed by atoms with Crippen molar-refractivity contribution >= 4 is 16.7 Å². The molecule has 0 atom stereocenters. The number of rotatable bonds is 3. The van der Waals surface area contributed by atoms with Gasteiger partial charge in [-0.05, 0) is 30.0 Å². The summed E-state index contributed by atoms with van der Waals surface area (Å²) in [4.78, 5) is 23.3. The van der Waals surface area contributed by atoms with E-state index in [1.807, 2.05) is 6.92 Å². The van der Waals surface area contributed by atoms with Crippen LogP contribution in [0.15, 0.2) is 29.1 Å². The molecule has 2 aromatic rings. The van der Waals surface area contributed by atoms with Crippen LogP contribution in [0, 0.1) is 5.82 Å². The number of nitrogens with zero attached hydrogens (tertiary/aromatic N) is 1. The number of carbonyl (C=O) groups is 1. The first-order chi connectivity index (χ1) is 8.54. The van der Waals surface area contributed by atoms with E-state index in [1.165, 1.54) is 22.8 Å². The van der Waals surface area contributed by atoms with Gasteiger partial charge in [0.25, 0.3) is 5.56 Å². The number of aromatic nitrogens is 1. The predicted octanol–water partition coefficient (Wildman–Crippen LogP) is 2.25. The van der Waals surface area contributed by atoms with E-state index in [0.29, 0.717) is 18.4 Å². The van der Waals surface area contributed by atoms with Crippen LogP contribution in [0.1, 0.15) is 23.8 Å². The summed E-state index contributed by atoms with van der Waals surface area (Å²) < 4.78 is 14.3. The summed E-state index contributed by atoms with van der Waals surface area (Å²) in [6.45, 7) is 2.14. The molecule has 0 unspecified atom stereocenters. The molecule has 94 valence electrons. The summed E-state index contributed by atoms with van der Waals surface area (Å²) in [5, 5.41) is 9.74. The standard InChI is InChI=1S/C13H12FNO3/c1-2-5-15-11(13(17)18)6-8-3-4-9(14)7-10(8)12(15)16/h3-4,6-7H,2,5H2,1H3,(H,17,18). The minimum absolute atomic E-state index is 0.0686. The summed E-state index contributed by atoms with van der Waals surface area (Å²) in [5.74, 6) is -1.67. The Kier molecular flexibility index (Phi) is 3.14. The highest BCUT2D eigenvalue weighted by molar-refractivity contribution is 5.92. The van der Waals surface area contributed by atoms with E-state index in [1.54, 1.807) is 0 Å². The highest BCUT2D eigenvalue weighted by Gasteiger charge is 2.14. The number of carboxylic acid groups (broad SMARTS) is 1. The molecule has 0 spiro atoms. The van der Waals surface area contributed by atoms with Crippen LogP contribution >= 0.6 is 0 Å². The van der Waals surface area contributed by atoms with E-state index in [9.17, 15) is 14.0 Å². The molecule has 1 aromatic heterocycles. The van der Waals surface area contributed by atoms with Crippen LogP contribution < -0.4 is 5.56 Å². The van der Waals surface area contributed by atoms with Crippen molar-refractivity contribution in [2.45, 2.75) is 19.9 Å². The lowest BCUT2D eigenvalue weighted by Crippen LogP contribution is -2.26. The largest absolute Gasteiger partial charge is 0.477 e. The van der Waals surface area contributed by atoms with Gasteiger partial charge >= 0.3 is 5.97 Å². The van der Waals surface area contributed by atoms with Crippen molar-refractivity contribution in [3.05, 3.63) is 46.1 Å². The van der Waals surface area contributed by atoms with Gasteiger partial charge in [0, 0.05) is 6.54 Å². The Morgan fingerprint density at radius 2 is 2.11 bits per heavy atom. The molecule has 1 heterocycles. The van der Waals surface area contributed by atoms with Crippen molar-refractivity contribution < 1.29 is 14.3 Å². The van der Waals surface area contributed by atoms with Gasteiger partial charge in [0.2, 0.25) is 0 Å². The minimum atomic E-state index is -1.16. The number of aromatic carboxylic acids is 1. The molecule has 1 aromatic carbocycles. The molecule has 2 rings (SSSR count). The molecule has 0 amide bonds. The molecular weight excluding hydrogens is 237 g/mol. The average Bonchev–Trinajstić information content (AvgIpc) is 2.33. The fraction of sp³-hybridized carbons (Fsp3) is 0.231. The molecule has 0 radical (unpaired) electrons. The number of hydrogen-bond acceptors (Lipinski definition) is 2. The second-order valence-corrected chi connectivity index (χ2v) is 4.02. The van der Waals surface area contributed by atoms with Gasteiger partial charge in [-0.2, -0.15) is 0 Å². The van der Waals surface area contributed by atoms with Crippen LogP contribution in [0.4, 0.5) is 4.39 Å². The first-order valence-corrected chi connectivity index (χ1v) is 5.61. The zero-order valence-corrected chi connectivity index (χ0v) is 9.81. The fourth-order valence-electron chi connectivity index (χ4n) is 1.94. The van der Waals surface area contributed by atoms with Gasteiger partial charge in [0.15, 0.2) is 0 Å². The van der Waals surface area contributed by atoms with Gasteiger partial charge in [-0.1, -0.05) is 13.0 Å². The molecule has 4 nitrogen and oxygen atoms in total. The monoisotopic (exact) mass is 249 g/mol. The normalized spacial score (nSPS) is 10.8. The molecule has 0 saturated carbocycles. The minimum Gasteiger partial charge on any atom is -0.477 e. The molecular formula is C13H12FNO3. The number of carboxylic acids is 1. The third-order valence-electron chi connectivity index (χ3n) is 2.74. The lowest BCUT2D eigenvalue weighted by atomic mass is 10.1. The maximum Gasteiger partial charge on any atom is 0.352 e. The predicted molar refractivity (Wildman–Crippen MR) is 65.4 cm³/mol. The summed E-state index contributed by atoms with van der Waals surface area (Å²) in [6.07, 6.45) is 0.626. The Hall–Kier alpha value is -2.17. The van der Waals surface area contributed by atoms with Crippen LogP contribution in [0.5, 0.6) is 0 Å². The van der Waals surface area contributed by atoms with Gasteiger partial charge < -0.3 is 9.67 Å². The van der Waals surface area contributed by atoms with E-state index in [-0.39, 0.29) is 11.1 Å². The lowest BCUT2D eigenvalue weighted by molar-refractivity contribution is 0.0683. The van der Waals surface area contributed by atoms with Crippen molar-refractivity contribution in [1.29, 1.82) is 0 Å². The average molecular weight is 249 g/mol. The maximum absolute atomic E-state index is 13.1. The van der Waals surface area contributed by atoms with Gasteiger partial charge in [0.1, 0.15) is 11.5 Å². The van der Waals surface area contributed by atoms with Crippen molar-refractivity contribution in [3.63, 3.8) is 0 Å². The number of benzene rings is 1. The molecule has 0 fully saturated rings. The molecule has 0 saturated heterocycles. The highest BCUT2D eigenvalue weighted by atomic mass is 19.1. The Labute approximate surface area is 102 Å². The SMILES string of the molecule is CCCn1c(C(=O)O)cc2ccc(F)cc2c1=O. The first-order valence-electron chi connectivity index (χ1n) is 5.61.